The van der Waals surface area contributed by atoms with E-state index in [0.717, 1.165) is 10.2 Å². The Morgan fingerprint density at radius 3 is 2.20 bits per heavy atom. The summed E-state index contributed by atoms with van der Waals surface area (Å²) in [7, 11) is 7.54. The molecular weight excluding hydrogens is 536 g/mol. The van der Waals surface area contributed by atoms with Crippen LogP contribution in [0.5, 0.6) is 34.5 Å². The minimum Gasteiger partial charge on any atom is -0.497 e. The van der Waals surface area contributed by atoms with Gasteiger partial charge in [-0.15, -0.1) is 0 Å². The minimum atomic E-state index is -0.383. The molecule has 3 aromatic carbocycles. The molecule has 0 aliphatic heterocycles. The van der Waals surface area contributed by atoms with E-state index in [9.17, 15) is 9.59 Å². The zero-order chi connectivity index (χ0) is 28.6. The highest BCUT2D eigenvalue weighted by molar-refractivity contribution is 7.22. The van der Waals surface area contributed by atoms with Gasteiger partial charge < -0.3 is 28.4 Å². The molecule has 1 aromatic heterocycles. The van der Waals surface area contributed by atoms with Gasteiger partial charge in [0.2, 0.25) is 5.75 Å². The summed E-state index contributed by atoms with van der Waals surface area (Å²) >= 11 is 1.35. The van der Waals surface area contributed by atoms with E-state index in [1.807, 2.05) is 12.1 Å². The van der Waals surface area contributed by atoms with E-state index in [2.05, 4.69) is 10.3 Å². The number of hydrogen-bond donors (Lipinski definition) is 1. The number of thiazole rings is 1. The first-order valence-corrected chi connectivity index (χ1v) is 12.8. The number of ether oxygens (including phenoxy) is 6. The molecule has 0 atom stereocenters. The van der Waals surface area contributed by atoms with Gasteiger partial charge in [-0.25, -0.2) is 4.98 Å². The third kappa shape index (κ3) is 6.44. The second-order valence-corrected chi connectivity index (χ2v) is 9.24. The Balaban J connectivity index is 1.44. The van der Waals surface area contributed by atoms with Gasteiger partial charge in [0.15, 0.2) is 40.5 Å². The zero-order valence-corrected chi connectivity index (χ0v) is 23.4. The van der Waals surface area contributed by atoms with Crippen LogP contribution in [0.1, 0.15) is 15.9 Å². The highest BCUT2D eigenvalue weighted by Crippen LogP contribution is 2.38. The van der Waals surface area contributed by atoms with Crippen LogP contribution in [-0.2, 0) is 4.79 Å². The number of anilines is 1. The largest absolute Gasteiger partial charge is 0.497 e. The van der Waals surface area contributed by atoms with Gasteiger partial charge in [0.1, 0.15) is 5.75 Å². The van der Waals surface area contributed by atoms with Crippen LogP contribution >= 0.6 is 11.3 Å². The molecule has 1 amide bonds. The van der Waals surface area contributed by atoms with E-state index < -0.39 is 0 Å². The van der Waals surface area contributed by atoms with Crippen molar-refractivity contribution in [3.05, 3.63) is 65.7 Å². The SMILES string of the molecule is COc1ccc2sc(NC(=O)COc3cc(/C=C/C(=O)c4cc(OC)c(OC)c(OC)c4)ccc3OC)nc2c1. The number of amides is 1. The number of nitrogens with zero attached hydrogens (tertiary/aromatic N) is 1. The zero-order valence-electron chi connectivity index (χ0n) is 22.6. The lowest BCUT2D eigenvalue weighted by Crippen LogP contribution is -2.20. The van der Waals surface area contributed by atoms with Gasteiger partial charge in [0.25, 0.3) is 5.91 Å². The Kier molecular flexibility index (Phi) is 9.07. The second kappa shape index (κ2) is 12.9. The lowest BCUT2D eigenvalue weighted by atomic mass is 10.1. The fraction of sp³-hybridized carbons (Fsp3) is 0.207. The lowest BCUT2D eigenvalue weighted by Gasteiger charge is -2.13. The first kappa shape index (κ1) is 28.2. The fourth-order valence-electron chi connectivity index (χ4n) is 3.79. The van der Waals surface area contributed by atoms with Crippen molar-refractivity contribution in [2.75, 3.05) is 47.5 Å². The van der Waals surface area contributed by atoms with Crippen LogP contribution in [0, 0.1) is 0 Å². The smallest absolute Gasteiger partial charge is 0.264 e. The van der Waals surface area contributed by atoms with Gasteiger partial charge in [-0.3, -0.25) is 14.9 Å². The van der Waals surface area contributed by atoms with Crippen molar-refractivity contribution >= 4 is 44.5 Å². The number of carbonyl (C=O) groups is 2. The normalized spacial score (nSPS) is 10.8. The van der Waals surface area contributed by atoms with Crippen LogP contribution in [0.4, 0.5) is 5.13 Å². The van der Waals surface area contributed by atoms with Gasteiger partial charge in [-0.2, -0.15) is 0 Å². The summed E-state index contributed by atoms with van der Waals surface area (Å²) < 4.78 is 33.2. The van der Waals surface area contributed by atoms with Crippen LogP contribution in [0.25, 0.3) is 16.3 Å². The second-order valence-electron chi connectivity index (χ2n) is 8.21. The van der Waals surface area contributed by atoms with Gasteiger partial charge in [-0.1, -0.05) is 23.5 Å². The van der Waals surface area contributed by atoms with E-state index in [4.69, 9.17) is 28.4 Å². The Bertz CT molecular complexity index is 1540. The van der Waals surface area contributed by atoms with Gasteiger partial charge >= 0.3 is 0 Å². The van der Waals surface area contributed by atoms with Crippen molar-refractivity contribution in [3.63, 3.8) is 0 Å². The van der Waals surface area contributed by atoms with Crippen LogP contribution in [-0.4, -0.2) is 58.8 Å². The predicted octanol–water partition coefficient (Wildman–Crippen LogP) is 5.25. The summed E-state index contributed by atoms with van der Waals surface area (Å²) in [6.07, 6.45) is 3.05. The molecule has 0 saturated heterocycles. The number of ketones is 1. The average molecular weight is 565 g/mol. The van der Waals surface area contributed by atoms with Crippen molar-refractivity contribution in [2.45, 2.75) is 0 Å². The molecule has 0 saturated carbocycles. The lowest BCUT2D eigenvalue weighted by molar-refractivity contribution is -0.118. The van der Waals surface area contributed by atoms with Crippen LogP contribution in [0.15, 0.2) is 54.6 Å². The summed E-state index contributed by atoms with van der Waals surface area (Å²) in [5.74, 6) is 1.96. The van der Waals surface area contributed by atoms with Gasteiger partial charge in [-0.05, 0) is 48.0 Å². The third-order valence-electron chi connectivity index (χ3n) is 5.76. The van der Waals surface area contributed by atoms with Crippen molar-refractivity contribution in [2.24, 2.45) is 0 Å². The molecule has 1 N–H and O–H groups in total. The van der Waals surface area contributed by atoms with Gasteiger partial charge in [0.05, 0.1) is 45.8 Å². The van der Waals surface area contributed by atoms with E-state index in [-0.39, 0.29) is 18.3 Å². The number of hydrogen-bond acceptors (Lipinski definition) is 10. The fourth-order valence-corrected chi connectivity index (χ4v) is 4.65. The number of methoxy groups -OCH3 is 5. The summed E-state index contributed by atoms with van der Waals surface area (Å²) in [6.45, 7) is -0.271. The summed E-state index contributed by atoms with van der Waals surface area (Å²) in [4.78, 5) is 29.9. The molecule has 0 unspecified atom stereocenters. The number of rotatable bonds is 12. The molecule has 0 fully saturated rings. The monoisotopic (exact) mass is 564 g/mol. The van der Waals surface area contributed by atoms with Crippen LogP contribution < -0.4 is 33.7 Å². The molecule has 1 heterocycles. The Hall–Kier alpha value is -4.77. The average Bonchev–Trinajstić information content (AvgIpc) is 3.39. The van der Waals surface area contributed by atoms with Crippen LogP contribution in [0.2, 0.25) is 0 Å². The minimum absolute atomic E-state index is 0.271. The highest BCUT2D eigenvalue weighted by atomic mass is 32.1. The molecule has 0 aliphatic carbocycles. The standard InChI is InChI=1S/C29H28N2O8S/c1-34-19-8-11-26-20(15-19)30-29(40-26)31-27(33)16-39-23-12-17(7-10-22(23)35-2)6-9-21(32)18-13-24(36-3)28(38-5)25(14-18)37-4/h6-15H,16H2,1-5H3,(H,30,31,33)/b9-6+. The molecule has 10 nitrogen and oxygen atoms in total. The molecule has 40 heavy (non-hydrogen) atoms. The van der Waals surface area contributed by atoms with E-state index in [1.165, 1.54) is 45.9 Å². The van der Waals surface area contributed by atoms with E-state index >= 15 is 0 Å². The first-order valence-electron chi connectivity index (χ1n) is 12.0. The van der Waals surface area contributed by atoms with Crippen molar-refractivity contribution in [1.82, 2.24) is 4.98 Å². The number of nitrogens with one attached hydrogen (secondary N) is 1. The van der Waals surface area contributed by atoms with Crippen molar-refractivity contribution in [1.29, 1.82) is 0 Å². The number of carbonyl (C=O) groups excluding carboxylic acids is 2. The molecule has 0 spiro atoms. The Morgan fingerprint density at radius 1 is 0.825 bits per heavy atom. The third-order valence-corrected chi connectivity index (χ3v) is 6.72. The number of fused-ring (bicyclic) bond motifs is 1. The van der Waals surface area contributed by atoms with Crippen molar-refractivity contribution < 1.29 is 38.0 Å². The Morgan fingerprint density at radius 2 is 1.55 bits per heavy atom. The number of allylic oxidation sites excluding steroid dienone is 1. The maximum absolute atomic E-state index is 12.9. The van der Waals surface area contributed by atoms with Crippen LogP contribution in [0.3, 0.4) is 0 Å². The number of benzene rings is 3. The van der Waals surface area contributed by atoms with E-state index in [1.54, 1.807) is 49.6 Å². The molecule has 11 heteroatoms. The summed E-state index contributed by atoms with van der Waals surface area (Å²) in [5, 5.41) is 3.20. The molecule has 0 bridgehead atoms. The summed E-state index contributed by atoms with van der Waals surface area (Å²) in [5.41, 5.74) is 1.75. The summed E-state index contributed by atoms with van der Waals surface area (Å²) in [6, 6.07) is 13.8. The van der Waals surface area contributed by atoms with Gasteiger partial charge in [0, 0.05) is 11.6 Å². The topological polar surface area (TPSA) is 114 Å². The molecular formula is C29H28N2O8S. The predicted molar refractivity (Wildman–Crippen MR) is 153 cm³/mol. The maximum atomic E-state index is 12.9. The molecule has 4 aromatic rings. The maximum Gasteiger partial charge on any atom is 0.264 e. The van der Waals surface area contributed by atoms with Crippen molar-refractivity contribution in [3.8, 4) is 34.5 Å². The highest BCUT2D eigenvalue weighted by Gasteiger charge is 2.16. The molecule has 4 rings (SSSR count). The number of aromatic nitrogens is 1. The quantitative estimate of drug-likeness (QED) is 0.182. The molecule has 208 valence electrons. The molecule has 0 radical (unpaired) electrons. The van der Waals surface area contributed by atoms with E-state index in [0.29, 0.717) is 50.8 Å². The Labute approximate surface area is 235 Å². The first-order chi connectivity index (χ1) is 19.4. The molecule has 0 aliphatic rings.